The minimum atomic E-state index is 0.515. The Morgan fingerprint density at radius 3 is 2.46 bits per heavy atom. The number of benzene rings is 1. The summed E-state index contributed by atoms with van der Waals surface area (Å²) in [5.74, 6) is 2.48. The van der Waals surface area contributed by atoms with Gasteiger partial charge in [-0.3, -0.25) is 0 Å². The fraction of sp³-hybridized carbons (Fsp3) is 0.200. The quantitative estimate of drug-likeness (QED) is 0.602. The minimum absolute atomic E-state index is 0.515. The predicted octanol–water partition coefficient (Wildman–Crippen LogP) is 2.72. The van der Waals surface area contributed by atoms with Crippen LogP contribution in [0.5, 0.6) is 0 Å². The first-order valence-electron chi connectivity index (χ1n) is 3.82. The van der Waals surface area contributed by atoms with Crippen molar-refractivity contribution in [3.05, 3.63) is 33.8 Å². The van der Waals surface area contributed by atoms with Crippen LogP contribution in [0.1, 0.15) is 5.56 Å². The van der Waals surface area contributed by atoms with Crippen LogP contribution < -0.4 is 5.32 Å². The molecule has 1 N–H and O–H groups in total. The van der Waals surface area contributed by atoms with Gasteiger partial charge in [0.05, 0.1) is 6.54 Å². The van der Waals surface area contributed by atoms with E-state index in [1.54, 1.807) is 12.1 Å². The number of nitrogens with one attached hydrogen (secondary N) is 1. The van der Waals surface area contributed by atoms with Crippen molar-refractivity contribution in [1.82, 2.24) is 5.32 Å². The smallest absolute Gasteiger partial charge is 0.0576 e. The number of halogens is 2. The van der Waals surface area contributed by atoms with E-state index in [2.05, 4.69) is 11.2 Å². The van der Waals surface area contributed by atoms with E-state index in [-0.39, 0.29) is 0 Å². The zero-order valence-electron chi connectivity index (χ0n) is 6.98. The molecule has 0 aliphatic heterocycles. The molecule has 1 aromatic carbocycles. The Morgan fingerprint density at radius 2 is 1.92 bits per heavy atom. The van der Waals surface area contributed by atoms with Gasteiger partial charge in [-0.05, 0) is 12.1 Å². The van der Waals surface area contributed by atoms with Crippen molar-refractivity contribution in [3.63, 3.8) is 0 Å². The zero-order valence-corrected chi connectivity index (χ0v) is 8.49. The van der Waals surface area contributed by atoms with Gasteiger partial charge in [0.15, 0.2) is 0 Å². The van der Waals surface area contributed by atoms with E-state index in [1.165, 1.54) is 0 Å². The second-order valence-corrected chi connectivity index (χ2v) is 3.32. The van der Waals surface area contributed by atoms with Gasteiger partial charge in [-0.1, -0.05) is 35.2 Å². The maximum Gasteiger partial charge on any atom is 0.0576 e. The van der Waals surface area contributed by atoms with E-state index in [9.17, 15) is 0 Å². The van der Waals surface area contributed by atoms with E-state index >= 15 is 0 Å². The first kappa shape index (κ1) is 10.4. The molecule has 0 bridgehead atoms. The molecule has 0 atom stereocenters. The Bertz CT molecular complexity index is 308. The SMILES string of the molecule is C#CCNCc1c(Cl)cccc1Cl. The maximum absolute atomic E-state index is 5.93. The van der Waals surface area contributed by atoms with Gasteiger partial charge in [0.25, 0.3) is 0 Å². The number of hydrogen-bond acceptors (Lipinski definition) is 1. The third kappa shape index (κ3) is 2.93. The molecule has 0 saturated carbocycles. The molecular weight excluding hydrogens is 205 g/mol. The van der Waals surface area contributed by atoms with Crippen LogP contribution in [0.4, 0.5) is 0 Å². The van der Waals surface area contributed by atoms with Crippen LogP contribution in [-0.2, 0) is 6.54 Å². The third-order valence-electron chi connectivity index (χ3n) is 1.59. The highest BCUT2D eigenvalue weighted by Gasteiger charge is 2.03. The molecule has 0 aliphatic rings. The van der Waals surface area contributed by atoms with Crippen molar-refractivity contribution in [3.8, 4) is 12.3 Å². The van der Waals surface area contributed by atoms with Crippen LogP contribution >= 0.6 is 23.2 Å². The van der Waals surface area contributed by atoms with E-state index in [0.29, 0.717) is 23.1 Å². The fourth-order valence-corrected chi connectivity index (χ4v) is 1.49. The van der Waals surface area contributed by atoms with Crippen molar-refractivity contribution in [2.75, 3.05) is 6.54 Å². The van der Waals surface area contributed by atoms with Crippen LogP contribution in [0, 0.1) is 12.3 Å². The molecule has 0 fully saturated rings. The molecule has 0 aliphatic carbocycles. The zero-order chi connectivity index (χ0) is 9.68. The lowest BCUT2D eigenvalue weighted by molar-refractivity contribution is 0.771. The van der Waals surface area contributed by atoms with Crippen LogP contribution in [0.2, 0.25) is 10.0 Å². The van der Waals surface area contributed by atoms with Crippen molar-refractivity contribution in [1.29, 1.82) is 0 Å². The molecule has 0 aromatic heterocycles. The summed E-state index contributed by atoms with van der Waals surface area (Å²) in [6, 6.07) is 5.43. The topological polar surface area (TPSA) is 12.0 Å². The Balaban J connectivity index is 2.71. The molecule has 0 saturated heterocycles. The van der Waals surface area contributed by atoms with Gasteiger partial charge < -0.3 is 5.32 Å². The van der Waals surface area contributed by atoms with Gasteiger partial charge in [-0.25, -0.2) is 0 Å². The lowest BCUT2D eigenvalue weighted by atomic mass is 10.2. The Morgan fingerprint density at radius 1 is 1.31 bits per heavy atom. The van der Waals surface area contributed by atoms with Crippen molar-refractivity contribution in [2.45, 2.75) is 6.54 Å². The Hall–Kier alpha value is -0.680. The standard InChI is InChI=1S/C10H9Cl2N/c1-2-6-13-7-8-9(11)4-3-5-10(8)12/h1,3-5,13H,6-7H2. The Labute approximate surface area is 88.0 Å². The molecule has 3 heteroatoms. The van der Waals surface area contributed by atoms with E-state index in [1.807, 2.05) is 6.07 Å². The summed E-state index contributed by atoms with van der Waals surface area (Å²) in [5, 5.41) is 4.36. The highest BCUT2D eigenvalue weighted by Crippen LogP contribution is 2.23. The summed E-state index contributed by atoms with van der Waals surface area (Å²) < 4.78 is 0. The summed E-state index contributed by atoms with van der Waals surface area (Å²) in [7, 11) is 0. The lowest BCUT2D eigenvalue weighted by Crippen LogP contribution is -2.13. The second kappa shape index (κ2) is 5.14. The van der Waals surface area contributed by atoms with Gasteiger partial charge in [-0.2, -0.15) is 0 Å². The highest BCUT2D eigenvalue weighted by molar-refractivity contribution is 6.35. The molecule has 0 radical (unpaired) electrons. The maximum atomic E-state index is 5.93. The van der Waals surface area contributed by atoms with E-state index < -0.39 is 0 Å². The predicted molar refractivity (Wildman–Crippen MR) is 57.0 cm³/mol. The molecule has 68 valence electrons. The molecule has 0 amide bonds. The van der Waals surface area contributed by atoms with Crippen molar-refractivity contribution in [2.24, 2.45) is 0 Å². The lowest BCUT2D eigenvalue weighted by Gasteiger charge is -2.05. The normalized spacial score (nSPS) is 9.62. The third-order valence-corrected chi connectivity index (χ3v) is 2.30. The van der Waals surface area contributed by atoms with Crippen LogP contribution in [0.25, 0.3) is 0 Å². The van der Waals surface area contributed by atoms with Gasteiger partial charge in [-0.15, -0.1) is 6.42 Å². The number of rotatable bonds is 3. The van der Waals surface area contributed by atoms with E-state index in [0.717, 1.165) is 5.56 Å². The summed E-state index contributed by atoms with van der Waals surface area (Å²) in [5.41, 5.74) is 0.890. The summed E-state index contributed by atoms with van der Waals surface area (Å²) in [6.45, 7) is 1.12. The molecule has 1 aromatic rings. The number of terminal acetylenes is 1. The average Bonchev–Trinajstić information content (AvgIpc) is 2.10. The largest absolute Gasteiger partial charge is 0.302 e. The second-order valence-electron chi connectivity index (χ2n) is 2.51. The average molecular weight is 214 g/mol. The highest BCUT2D eigenvalue weighted by atomic mass is 35.5. The van der Waals surface area contributed by atoms with Crippen molar-refractivity contribution < 1.29 is 0 Å². The summed E-state index contributed by atoms with van der Waals surface area (Å²) >= 11 is 11.9. The van der Waals surface area contributed by atoms with Gasteiger partial charge in [0.2, 0.25) is 0 Å². The van der Waals surface area contributed by atoms with Gasteiger partial charge >= 0.3 is 0 Å². The molecule has 0 heterocycles. The van der Waals surface area contributed by atoms with Gasteiger partial charge in [0.1, 0.15) is 0 Å². The first-order valence-corrected chi connectivity index (χ1v) is 4.58. The van der Waals surface area contributed by atoms with Crippen LogP contribution in [0.3, 0.4) is 0 Å². The van der Waals surface area contributed by atoms with Crippen LogP contribution in [0.15, 0.2) is 18.2 Å². The Kier molecular flexibility index (Phi) is 4.11. The van der Waals surface area contributed by atoms with E-state index in [4.69, 9.17) is 29.6 Å². The van der Waals surface area contributed by atoms with Gasteiger partial charge in [0, 0.05) is 22.2 Å². The molecule has 1 nitrogen and oxygen atoms in total. The molecule has 0 unspecified atom stereocenters. The monoisotopic (exact) mass is 213 g/mol. The number of hydrogen-bond donors (Lipinski definition) is 1. The molecule has 1 rings (SSSR count). The minimum Gasteiger partial charge on any atom is -0.302 e. The molecule has 13 heavy (non-hydrogen) atoms. The van der Waals surface area contributed by atoms with Crippen LogP contribution in [-0.4, -0.2) is 6.54 Å². The van der Waals surface area contributed by atoms with Crippen molar-refractivity contribution >= 4 is 23.2 Å². The first-order chi connectivity index (χ1) is 6.25. The summed E-state index contributed by atoms with van der Waals surface area (Å²) in [6.07, 6.45) is 5.09. The summed E-state index contributed by atoms with van der Waals surface area (Å²) in [4.78, 5) is 0. The molecular formula is C10H9Cl2N. The fourth-order valence-electron chi connectivity index (χ4n) is 0.961. The molecule has 0 spiro atoms.